The molecule has 0 radical (unpaired) electrons. The second-order valence-corrected chi connectivity index (χ2v) is 7.70. The summed E-state index contributed by atoms with van der Waals surface area (Å²) in [6.07, 6.45) is 7.07. The molecule has 2 aliphatic heterocycles. The predicted molar refractivity (Wildman–Crippen MR) is 107 cm³/mol. The minimum absolute atomic E-state index is 0.204. The lowest BCUT2D eigenvalue weighted by atomic mass is 9.94. The molecule has 2 aliphatic rings. The Morgan fingerprint density at radius 1 is 1.30 bits per heavy atom. The Morgan fingerprint density at radius 3 is 3.11 bits per heavy atom. The number of hydrogen-bond donors (Lipinski definition) is 2. The van der Waals surface area contributed by atoms with E-state index in [0.29, 0.717) is 6.61 Å². The zero-order valence-corrected chi connectivity index (χ0v) is 15.7. The number of ether oxygens (including phenoxy) is 1. The van der Waals surface area contributed by atoms with E-state index in [1.54, 1.807) is 0 Å². The van der Waals surface area contributed by atoms with E-state index < -0.39 is 0 Å². The first-order chi connectivity index (χ1) is 13.2. The molecule has 1 fully saturated rings. The number of fused-ring (bicyclic) bond motifs is 2. The van der Waals surface area contributed by atoms with Crippen molar-refractivity contribution in [1.82, 2.24) is 9.97 Å². The molecule has 1 saturated heterocycles. The summed E-state index contributed by atoms with van der Waals surface area (Å²) in [6.45, 7) is 4.74. The second-order valence-electron chi connectivity index (χ2n) is 7.70. The van der Waals surface area contributed by atoms with Crippen LogP contribution in [0.4, 0.5) is 5.69 Å². The monoisotopic (exact) mass is 363 g/mol. The van der Waals surface area contributed by atoms with E-state index in [9.17, 15) is 5.11 Å². The van der Waals surface area contributed by atoms with Gasteiger partial charge in [-0.05, 0) is 55.0 Å². The van der Waals surface area contributed by atoms with Gasteiger partial charge in [0.1, 0.15) is 5.65 Å². The van der Waals surface area contributed by atoms with Crippen LogP contribution in [0.1, 0.15) is 29.5 Å². The van der Waals surface area contributed by atoms with Gasteiger partial charge in [-0.3, -0.25) is 0 Å². The summed E-state index contributed by atoms with van der Waals surface area (Å²) < 4.78 is 5.77. The molecule has 1 atom stereocenters. The molecule has 1 unspecified atom stereocenters. The lowest BCUT2D eigenvalue weighted by Crippen LogP contribution is -2.33. The number of hydrogen-bond acceptors (Lipinski definition) is 4. The third kappa shape index (κ3) is 2.82. The molecule has 0 aliphatic carbocycles. The molecule has 2 N–H and O–H groups in total. The Balaban J connectivity index is 1.66. The molecule has 27 heavy (non-hydrogen) atoms. The molecule has 1 aromatic carbocycles. The summed E-state index contributed by atoms with van der Waals surface area (Å²) in [6, 6.07) is 7.01. The van der Waals surface area contributed by atoms with E-state index in [-0.39, 0.29) is 12.6 Å². The number of pyridine rings is 1. The lowest BCUT2D eigenvalue weighted by Gasteiger charge is -2.31. The molecule has 5 heteroatoms. The highest BCUT2D eigenvalue weighted by Crippen LogP contribution is 2.37. The average molecular weight is 363 g/mol. The number of nitrogens with one attached hydrogen (secondary N) is 1. The highest BCUT2D eigenvalue weighted by Gasteiger charge is 2.28. The number of nitrogens with zero attached hydrogens (tertiary/aromatic N) is 2. The average Bonchev–Trinajstić information content (AvgIpc) is 3.33. The fraction of sp³-hybridized carbons (Fsp3) is 0.409. The number of benzene rings is 1. The maximum absolute atomic E-state index is 9.83. The van der Waals surface area contributed by atoms with Gasteiger partial charge in [-0.2, -0.15) is 0 Å². The molecule has 3 aromatic rings. The summed E-state index contributed by atoms with van der Waals surface area (Å²) in [5.41, 5.74) is 8.36. The Bertz CT molecular complexity index is 995. The SMILES string of the molecule is Cc1c[nH]c2ncc(-c3cc4c(c(N5CCCC5CO)c3)COCC4)cc12. The summed E-state index contributed by atoms with van der Waals surface area (Å²) in [7, 11) is 0. The highest BCUT2D eigenvalue weighted by atomic mass is 16.5. The Kier molecular flexibility index (Phi) is 4.14. The van der Waals surface area contributed by atoms with Crippen molar-refractivity contribution < 1.29 is 9.84 Å². The summed E-state index contributed by atoms with van der Waals surface area (Å²) >= 11 is 0. The van der Waals surface area contributed by atoms with Gasteiger partial charge in [0.25, 0.3) is 0 Å². The predicted octanol–water partition coefficient (Wildman–Crippen LogP) is 3.57. The summed E-state index contributed by atoms with van der Waals surface area (Å²) in [5.74, 6) is 0. The number of rotatable bonds is 3. The largest absolute Gasteiger partial charge is 0.394 e. The van der Waals surface area contributed by atoms with Crippen LogP contribution in [0.15, 0.2) is 30.6 Å². The molecule has 0 spiro atoms. The zero-order valence-electron chi connectivity index (χ0n) is 15.7. The quantitative estimate of drug-likeness (QED) is 0.747. The van der Waals surface area contributed by atoms with Gasteiger partial charge in [0.2, 0.25) is 0 Å². The zero-order chi connectivity index (χ0) is 18.4. The maximum atomic E-state index is 9.83. The van der Waals surface area contributed by atoms with Gasteiger partial charge in [0.15, 0.2) is 0 Å². The van der Waals surface area contributed by atoms with Gasteiger partial charge < -0.3 is 19.7 Å². The van der Waals surface area contributed by atoms with Crippen molar-refractivity contribution in [2.24, 2.45) is 0 Å². The van der Waals surface area contributed by atoms with Crippen molar-refractivity contribution in [2.45, 2.75) is 38.8 Å². The van der Waals surface area contributed by atoms with Gasteiger partial charge in [-0.25, -0.2) is 4.98 Å². The molecule has 0 bridgehead atoms. The number of aromatic amines is 1. The number of aryl methyl sites for hydroxylation is 1. The van der Waals surface area contributed by atoms with Crippen molar-refractivity contribution in [3.8, 4) is 11.1 Å². The van der Waals surface area contributed by atoms with E-state index in [1.807, 2.05) is 12.4 Å². The first kappa shape index (κ1) is 16.8. The summed E-state index contributed by atoms with van der Waals surface area (Å²) in [4.78, 5) is 10.2. The second kappa shape index (κ2) is 6.66. The van der Waals surface area contributed by atoms with Gasteiger partial charge in [-0.1, -0.05) is 6.07 Å². The Hall–Kier alpha value is -2.37. The first-order valence-electron chi connectivity index (χ1n) is 9.80. The third-order valence-corrected chi connectivity index (χ3v) is 6.05. The van der Waals surface area contributed by atoms with Crippen LogP contribution in [-0.2, 0) is 17.8 Å². The van der Waals surface area contributed by atoms with Gasteiger partial charge >= 0.3 is 0 Å². The molecule has 5 nitrogen and oxygen atoms in total. The molecular formula is C22H25N3O2. The first-order valence-corrected chi connectivity index (χ1v) is 9.80. The maximum Gasteiger partial charge on any atom is 0.137 e. The minimum atomic E-state index is 0.204. The van der Waals surface area contributed by atoms with E-state index in [1.165, 1.54) is 33.3 Å². The topological polar surface area (TPSA) is 61.4 Å². The van der Waals surface area contributed by atoms with E-state index >= 15 is 0 Å². The van der Waals surface area contributed by atoms with Crippen LogP contribution >= 0.6 is 0 Å². The number of anilines is 1. The van der Waals surface area contributed by atoms with Crippen LogP contribution < -0.4 is 4.90 Å². The van der Waals surface area contributed by atoms with E-state index in [4.69, 9.17) is 4.74 Å². The van der Waals surface area contributed by atoms with Crippen LogP contribution in [0, 0.1) is 6.92 Å². The Labute approximate surface area is 159 Å². The summed E-state index contributed by atoms with van der Waals surface area (Å²) in [5, 5.41) is 11.0. The number of H-pyrrole nitrogens is 1. The fourth-order valence-electron chi connectivity index (χ4n) is 4.52. The lowest BCUT2D eigenvalue weighted by molar-refractivity contribution is 0.111. The molecular weight excluding hydrogens is 338 g/mol. The van der Waals surface area contributed by atoms with Crippen LogP contribution in [0.3, 0.4) is 0 Å². The van der Waals surface area contributed by atoms with Crippen molar-refractivity contribution in [1.29, 1.82) is 0 Å². The fourth-order valence-corrected chi connectivity index (χ4v) is 4.52. The van der Waals surface area contributed by atoms with Crippen molar-refractivity contribution >= 4 is 16.7 Å². The Morgan fingerprint density at radius 2 is 2.22 bits per heavy atom. The number of aromatic nitrogens is 2. The molecule has 0 amide bonds. The molecule has 0 saturated carbocycles. The highest BCUT2D eigenvalue weighted by molar-refractivity contribution is 5.85. The molecule has 140 valence electrons. The number of aliphatic hydroxyl groups excluding tert-OH is 1. The van der Waals surface area contributed by atoms with Crippen molar-refractivity contribution in [3.63, 3.8) is 0 Å². The van der Waals surface area contributed by atoms with Crippen LogP contribution in [0.25, 0.3) is 22.2 Å². The molecule has 4 heterocycles. The van der Waals surface area contributed by atoms with Gasteiger partial charge in [-0.15, -0.1) is 0 Å². The molecule has 2 aromatic heterocycles. The van der Waals surface area contributed by atoms with Crippen LogP contribution in [0.2, 0.25) is 0 Å². The third-order valence-electron chi connectivity index (χ3n) is 6.05. The number of aliphatic hydroxyl groups is 1. The van der Waals surface area contributed by atoms with E-state index in [0.717, 1.165) is 43.6 Å². The van der Waals surface area contributed by atoms with Crippen molar-refractivity contribution in [2.75, 3.05) is 24.7 Å². The minimum Gasteiger partial charge on any atom is -0.394 e. The van der Waals surface area contributed by atoms with Crippen molar-refractivity contribution in [3.05, 3.63) is 47.3 Å². The normalized spacial score (nSPS) is 19.6. The van der Waals surface area contributed by atoms with Gasteiger partial charge in [0.05, 0.1) is 25.9 Å². The van der Waals surface area contributed by atoms with Gasteiger partial charge in [0, 0.05) is 41.1 Å². The smallest absolute Gasteiger partial charge is 0.137 e. The van der Waals surface area contributed by atoms with E-state index in [2.05, 4.69) is 40.0 Å². The molecule has 5 rings (SSSR count). The van der Waals surface area contributed by atoms with Crippen LogP contribution in [0.5, 0.6) is 0 Å². The van der Waals surface area contributed by atoms with Crippen LogP contribution in [-0.4, -0.2) is 40.9 Å². The standard InChI is InChI=1S/C22H25N3O2/c1-14-10-23-22-19(14)8-17(11-24-22)16-7-15-4-6-27-13-20(15)21(9-16)25-5-2-3-18(25)12-26/h7-11,18,26H,2-6,12-13H2,1H3,(H,23,24).